The molecule has 0 fully saturated rings. The Kier molecular flexibility index (Phi) is 3.73. The van der Waals surface area contributed by atoms with Gasteiger partial charge in [-0.15, -0.1) is 0 Å². The molecular formula is C15H11N3O4S. The van der Waals surface area contributed by atoms with Crippen LogP contribution in [0.2, 0.25) is 0 Å². The Morgan fingerprint density at radius 3 is 2.78 bits per heavy atom. The Hall–Kier alpha value is -2.89. The zero-order valence-corrected chi connectivity index (χ0v) is 12.6. The third-order valence-corrected chi connectivity index (χ3v) is 4.71. The summed E-state index contributed by atoms with van der Waals surface area (Å²) in [4.78, 5) is 13.5. The van der Waals surface area contributed by atoms with Crippen LogP contribution in [0, 0.1) is 11.3 Å². The molecule has 2 aromatic carbocycles. The number of benzene rings is 2. The third-order valence-electron chi connectivity index (χ3n) is 3.25. The Balaban J connectivity index is 1.86. The number of oxazole rings is 1. The number of aromatic amines is 1. The summed E-state index contributed by atoms with van der Waals surface area (Å²) < 4.78 is 31.9. The highest BCUT2D eigenvalue weighted by Crippen LogP contribution is 2.16. The Bertz CT molecular complexity index is 1070. The molecule has 116 valence electrons. The van der Waals surface area contributed by atoms with E-state index in [0.717, 1.165) is 0 Å². The van der Waals surface area contributed by atoms with E-state index in [1.165, 1.54) is 12.1 Å². The van der Waals surface area contributed by atoms with Crippen LogP contribution in [0.25, 0.3) is 11.1 Å². The second-order valence-electron chi connectivity index (χ2n) is 4.78. The van der Waals surface area contributed by atoms with Crippen molar-refractivity contribution in [3.63, 3.8) is 0 Å². The standard InChI is InChI=1S/C15H11N3O4S/c16-8-11-3-1-2-4-14(11)23(20,21)17-9-10-5-6-13-12(7-10)18-15(19)22-13/h1-7,17H,9H2,(H,18,19). The predicted octanol–water partition coefficient (Wildman–Crippen LogP) is 1.47. The van der Waals surface area contributed by atoms with E-state index < -0.39 is 15.8 Å². The molecular weight excluding hydrogens is 318 g/mol. The first-order chi connectivity index (χ1) is 11.0. The van der Waals surface area contributed by atoms with E-state index in [0.29, 0.717) is 16.7 Å². The molecule has 0 saturated carbocycles. The van der Waals surface area contributed by atoms with Crippen molar-refractivity contribution in [2.24, 2.45) is 0 Å². The average Bonchev–Trinajstić information content (AvgIpc) is 2.92. The lowest BCUT2D eigenvalue weighted by Crippen LogP contribution is -2.24. The zero-order valence-electron chi connectivity index (χ0n) is 11.7. The van der Waals surface area contributed by atoms with Gasteiger partial charge in [0.2, 0.25) is 10.0 Å². The monoisotopic (exact) mass is 329 g/mol. The molecule has 0 atom stereocenters. The summed E-state index contributed by atoms with van der Waals surface area (Å²) in [7, 11) is -3.82. The summed E-state index contributed by atoms with van der Waals surface area (Å²) >= 11 is 0. The molecule has 23 heavy (non-hydrogen) atoms. The van der Waals surface area contributed by atoms with Crippen molar-refractivity contribution >= 4 is 21.1 Å². The van der Waals surface area contributed by atoms with Gasteiger partial charge in [0.25, 0.3) is 0 Å². The molecule has 0 bridgehead atoms. The van der Waals surface area contributed by atoms with E-state index in [1.807, 2.05) is 6.07 Å². The van der Waals surface area contributed by atoms with Crippen molar-refractivity contribution in [1.82, 2.24) is 9.71 Å². The fourth-order valence-electron chi connectivity index (χ4n) is 2.16. The molecule has 8 heteroatoms. The Morgan fingerprint density at radius 2 is 2.00 bits per heavy atom. The van der Waals surface area contributed by atoms with Crippen LogP contribution in [0.4, 0.5) is 0 Å². The first-order valence-corrected chi connectivity index (χ1v) is 8.08. The average molecular weight is 329 g/mol. The lowest BCUT2D eigenvalue weighted by Gasteiger charge is -2.08. The van der Waals surface area contributed by atoms with Gasteiger partial charge in [-0.3, -0.25) is 4.98 Å². The van der Waals surface area contributed by atoms with Crippen LogP contribution >= 0.6 is 0 Å². The van der Waals surface area contributed by atoms with Crippen LogP contribution < -0.4 is 10.5 Å². The number of aromatic nitrogens is 1. The lowest BCUT2D eigenvalue weighted by atomic mass is 10.2. The quantitative estimate of drug-likeness (QED) is 0.752. The lowest BCUT2D eigenvalue weighted by molar-refractivity contribution is 0.555. The van der Waals surface area contributed by atoms with Crippen molar-refractivity contribution in [2.45, 2.75) is 11.4 Å². The number of hydrogen-bond donors (Lipinski definition) is 2. The molecule has 0 aliphatic heterocycles. The molecule has 0 aliphatic rings. The maximum Gasteiger partial charge on any atom is 0.417 e. The highest BCUT2D eigenvalue weighted by atomic mass is 32.2. The van der Waals surface area contributed by atoms with Gasteiger partial charge in [0.05, 0.1) is 16.0 Å². The normalized spacial score (nSPS) is 11.4. The van der Waals surface area contributed by atoms with Crippen molar-refractivity contribution in [3.8, 4) is 6.07 Å². The zero-order chi connectivity index (χ0) is 16.4. The fourth-order valence-corrected chi connectivity index (χ4v) is 3.33. The van der Waals surface area contributed by atoms with E-state index in [2.05, 4.69) is 9.71 Å². The molecule has 2 N–H and O–H groups in total. The van der Waals surface area contributed by atoms with Crippen molar-refractivity contribution < 1.29 is 12.8 Å². The molecule has 0 saturated heterocycles. The second kappa shape index (κ2) is 5.72. The Morgan fingerprint density at radius 1 is 1.22 bits per heavy atom. The maximum atomic E-state index is 12.3. The highest BCUT2D eigenvalue weighted by molar-refractivity contribution is 7.89. The SMILES string of the molecule is N#Cc1ccccc1S(=O)(=O)NCc1ccc2oc(=O)[nH]c2c1. The molecule has 3 aromatic rings. The van der Waals surface area contributed by atoms with E-state index >= 15 is 0 Å². The minimum absolute atomic E-state index is 0.0191. The van der Waals surface area contributed by atoms with E-state index in [1.54, 1.807) is 30.3 Å². The highest BCUT2D eigenvalue weighted by Gasteiger charge is 2.17. The molecule has 0 radical (unpaired) electrons. The van der Waals surface area contributed by atoms with Crippen molar-refractivity contribution in [2.75, 3.05) is 0 Å². The fraction of sp³-hybridized carbons (Fsp3) is 0.0667. The summed E-state index contributed by atoms with van der Waals surface area (Å²) in [5.41, 5.74) is 1.61. The summed E-state index contributed by atoms with van der Waals surface area (Å²) in [6.45, 7) is 0.0191. The van der Waals surface area contributed by atoms with Crippen molar-refractivity contribution in [1.29, 1.82) is 5.26 Å². The Labute approximate surface area is 131 Å². The number of nitriles is 1. The number of H-pyrrole nitrogens is 1. The number of nitrogens with zero attached hydrogens (tertiary/aromatic N) is 1. The number of hydrogen-bond acceptors (Lipinski definition) is 5. The molecule has 3 rings (SSSR count). The van der Waals surface area contributed by atoms with E-state index in [-0.39, 0.29) is 17.0 Å². The van der Waals surface area contributed by atoms with Gasteiger partial charge in [0.15, 0.2) is 5.58 Å². The molecule has 7 nitrogen and oxygen atoms in total. The molecule has 0 aliphatic carbocycles. The number of nitrogens with one attached hydrogen (secondary N) is 2. The van der Waals surface area contributed by atoms with E-state index in [4.69, 9.17) is 9.68 Å². The van der Waals surface area contributed by atoms with Gasteiger partial charge >= 0.3 is 5.76 Å². The maximum absolute atomic E-state index is 12.3. The van der Waals surface area contributed by atoms with Crippen LogP contribution in [0.5, 0.6) is 0 Å². The van der Waals surface area contributed by atoms with Gasteiger partial charge in [0.1, 0.15) is 6.07 Å². The van der Waals surface area contributed by atoms with Crippen LogP contribution in [0.1, 0.15) is 11.1 Å². The minimum atomic E-state index is -3.82. The molecule has 0 spiro atoms. The summed E-state index contributed by atoms with van der Waals surface area (Å²) in [5.74, 6) is -0.569. The van der Waals surface area contributed by atoms with Crippen molar-refractivity contribution in [3.05, 3.63) is 64.1 Å². The van der Waals surface area contributed by atoms with Crippen LogP contribution in [-0.4, -0.2) is 13.4 Å². The number of fused-ring (bicyclic) bond motifs is 1. The minimum Gasteiger partial charge on any atom is -0.408 e. The summed E-state index contributed by atoms with van der Waals surface area (Å²) in [6.07, 6.45) is 0. The molecule has 1 heterocycles. The van der Waals surface area contributed by atoms with E-state index in [9.17, 15) is 13.2 Å². The largest absolute Gasteiger partial charge is 0.417 e. The first kappa shape index (κ1) is 15.0. The van der Waals surface area contributed by atoms with Gasteiger partial charge in [-0.1, -0.05) is 18.2 Å². The molecule has 1 aromatic heterocycles. The van der Waals surface area contributed by atoms with Gasteiger partial charge in [-0.25, -0.2) is 17.9 Å². The number of sulfonamides is 1. The molecule has 0 amide bonds. The second-order valence-corrected chi connectivity index (χ2v) is 6.51. The number of rotatable bonds is 4. The third kappa shape index (κ3) is 3.01. The van der Waals surface area contributed by atoms with Crippen LogP contribution in [-0.2, 0) is 16.6 Å². The topological polar surface area (TPSA) is 116 Å². The first-order valence-electron chi connectivity index (χ1n) is 6.60. The van der Waals surface area contributed by atoms with Crippen LogP contribution in [0.15, 0.2) is 56.6 Å². The summed E-state index contributed by atoms with van der Waals surface area (Å²) in [6, 6.07) is 12.7. The van der Waals surface area contributed by atoms with Gasteiger partial charge in [-0.05, 0) is 29.8 Å². The van der Waals surface area contributed by atoms with Gasteiger partial charge < -0.3 is 4.42 Å². The molecule has 0 unspecified atom stereocenters. The summed E-state index contributed by atoms with van der Waals surface area (Å²) in [5, 5.41) is 9.00. The smallest absolute Gasteiger partial charge is 0.408 e. The van der Waals surface area contributed by atoms with Gasteiger partial charge in [-0.2, -0.15) is 5.26 Å². The van der Waals surface area contributed by atoms with Crippen LogP contribution in [0.3, 0.4) is 0 Å². The predicted molar refractivity (Wildman–Crippen MR) is 82.0 cm³/mol. The van der Waals surface area contributed by atoms with Gasteiger partial charge in [0, 0.05) is 6.54 Å².